The number of hydrogen-bond acceptors (Lipinski definition) is 3. The van der Waals surface area contributed by atoms with Crippen molar-refractivity contribution in [1.29, 1.82) is 0 Å². The average Bonchev–Trinajstić information content (AvgIpc) is 3.16. The van der Waals surface area contributed by atoms with Crippen molar-refractivity contribution >= 4 is 22.6 Å². The number of nitrogens with zero attached hydrogens (tertiary/aromatic N) is 1. The summed E-state index contributed by atoms with van der Waals surface area (Å²) in [5.74, 6) is 1.49. The fourth-order valence-electron chi connectivity index (χ4n) is 3.31. The second-order valence-electron chi connectivity index (χ2n) is 7.46. The zero-order valence-electron chi connectivity index (χ0n) is 17.2. The van der Waals surface area contributed by atoms with Crippen LogP contribution in [0.5, 0.6) is 5.75 Å². The number of fused-ring (bicyclic) bond motifs is 1. The molecule has 1 heterocycles. The highest BCUT2D eigenvalue weighted by Crippen LogP contribution is 2.17. The number of aromatic nitrogens is 2. The minimum atomic E-state index is -0.580. The molecule has 1 atom stereocenters. The van der Waals surface area contributed by atoms with Gasteiger partial charge in [0, 0.05) is 12.1 Å². The zero-order chi connectivity index (χ0) is 20.9. The predicted octanol–water partition coefficient (Wildman–Crippen LogP) is 5.06. The van der Waals surface area contributed by atoms with E-state index in [0.717, 1.165) is 35.4 Å². The Balaban J connectivity index is 1.31. The van der Waals surface area contributed by atoms with Gasteiger partial charge < -0.3 is 15.0 Å². The van der Waals surface area contributed by atoms with Crippen LogP contribution in [0.2, 0.25) is 0 Å². The Bertz CT molecular complexity index is 1130. The number of amides is 1. The summed E-state index contributed by atoms with van der Waals surface area (Å²) in [5, 5.41) is 2.90. The lowest BCUT2D eigenvalue weighted by molar-refractivity contribution is -0.122. The molecule has 0 fully saturated rings. The van der Waals surface area contributed by atoms with Crippen LogP contribution in [0.15, 0.2) is 72.8 Å². The molecule has 1 amide bonds. The van der Waals surface area contributed by atoms with Gasteiger partial charge in [-0.15, -0.1) is 0 Å². The van der Waals surface area contributed by atoms with E-state index in [9.17, 15) is 4.79 Å². The minimum absolute atomic E-state index is 0.177. The molecule has 0 unspecified atom stereocenters. The molecule has 5 heteroatoms. The Kier molecular flexibility index (Phi) is 5.80. The summed E-state index contributed by atoms with van der Waals surface area (Å²) in [5.41, 5.74) is 5.25. The van der Waals surface area contributed by atoms with Crippen molar-refractivity contribution in [2.45, 2.75) is 32.8 Å². The number of anilines is 1. The van der Waals surface area contributed by atoms with E-state index in [1.165, 1.54) is 11.1 Å². The molecule has 0 aliphatic rings. The molecule has 2 N–H and O–H groups in total. The Morgan fingerprint density at radius 2 is 1.80 bits per heavy atom. The van der Waals surface area contributed by atoms with Crippen molar-refractivity contribution < 1.29 is 9.53 Å². The third kappa shape index (κ3) is 4.87. The van der Waals surface area contributed by atoms with Crippen LogP contribution in [0.25, 0.3) is 11.0 Å². The molecule has 5 nitrogen and oxygen atoms in total. The Morgan fingerprint density at radius 1 is 1.03 bits per heavy atom. The van der Waals surface area contributed by atoms with E-state index < -0.39 is 6.10 Å². The molecule has 0 saturated heterocycles. The molecule has 4 aromatic rings. The summed E-state index contributed by atoms with van der Waals surface area (Å²) in [6.07, 6.45) is 1.13. The highest BCUT2D eigenvalue weighted by molar-refractivity contribution is 5.94. The minimum Gasteiger partial charge on any atom is -0.481 e. The number of imidazole rings is 1. The van der Waals surface area contributed by atoms with Gasteiger partial charge in [-0.1, -0.05) is 36.4 Å². The van der Waals surface area contributed by atoms with E-state index in [1.54, 1.807) is 6.92 Å². The van der Waals surface area contributed by atoms with Gasteiger partial charge in [0.1, 0.15) is 11.6 Å². The predicted molar refractivity (Wildman–Crippen MR) is 120 cm³/mol. The van der Waals surface area contributed by atoms with Gasteiger partial charge in [-0.3, -0.25) is 4.79 Å². The van der Waals surface area contributed by atoms with E-state index in [2.05, 4.69) is 34.3 Å². The number of para-hydroxylation sites is 1. The molecule has 0 bridgehead atoms. The van der Waals surface area contributed by atoms with Gasteiger partial charge in [0.05, 0.1) is 11.0 Å². The Labute approximate surface area is 176 Å². The maximum absolute atomic E-state index is 12.4. The van der Waals surface area contributed by atoms with Crippen molar-refractivity contribution in [3.63, 3.8) is 0 Å². The molecule has 0 aliphatic heterocycles. The van der Waals surface area contributed by atoms with E-state index in [-0.39, 0.29) is 5.91 Å². The molecule has 1 aromatic heterocycles. The molecule has 0 aliphatic carbocycles. The number of H-pyrrole nitrogens is 1. The van der Waals surface area contributed by atoms with Gasteiger partial charge in [-0.25, -0.2) is 4.98 Å². The number of rotatable bonds is 7. The second-order valence-corrected chi connectivity index (χ2v) is 7.46. The largest absolute Gasteiger partial charge is 0.481 e. The molecule has 3 aromatic carbocycles. The van der Waals surface area contributed by atoms with Crippen LogP contribution >= 0.6 is 0 Å². The number of benzene rings is 3. The van der Waals surface area contributed by atoms with Gasteiger partial charge in [0.15, 0.2) is 6.10 Å². The first kappa shape index (κ1) is 19.7. The molecular weight excluding hydrogens is 374 g/mol. The monoisotopic (exact) mass is 399 g/mol. The average molecular weight is 399 g/mol. The normalized spacial score (nSPS) is 11.9. The first-order chi connectivity index (χ1) is 14.6. The molecule has 0 radical (unpaired) electrons. The molecular formula is C25H25N3O2. The van der Waals surface area contributed by atoms with Gasteiger partial charge in [-0.05, 0) is 67.8 Å². The molecule has 0 saturated carbocycles. The smallest absolute Gasteiger partial charge is 0.265 e. The summed E-state index contributed by atoms with van der Waals surface area (Å²) in [4.78, 5) is 20.4. The maximum atomic E-state index is 12.4. The van der Waals surface area contributed by atoms with Gasteiger partial charge in [-0.2, -0.15) is 0 Å². The van der Waals surface area contributed by atoms with Crippen molar-refractivity contribution in [2.75, 3.05) is 5.32 Å². The summed E-state index contributed by atoms with van der Waals surface area (Å²) in [6, 6.07) is 23.5. The van der Waals surface area contributed by atoms with Crippen LogP contribution in [0, 0.1) is 6.92 Å². The summed E-state index contributed by atoms with van der Waals surface area (Å²) in [6.45, 7) is 3.82. The molecule has 30 heavy (non-hydrogen) atoms. The van der Waals surface area contributed by atoms with E-state index >= 15 is 0 Å². The van der Waals surface area contributed by atoms with Crippen LogP contribution < -0.4 is 10.1 Å². The van der Waals surface area contributed by atoms with E-state index in [0.29, 0.717) is 5.75 Å². The number of aryl methyl sites for hydroxylation is 3. The van der Waals surface area contributed by atoms with Crippen LogP contribution in [0.1, 0.15) is 23.9 Å². The number of aromatic amines is 1. The Morgan fingerprint density at radius 3 is 2.57 bits per heavy atom. The van der Waals surface area contributed by atoms with Gasteiger partial charge in [0.25, 0.3) is 5.91 Å². The van der Waals surface area contributed by atoms with Crippen LogP contribution in [-0.4, -0.2) is 22.0 Å². The first-order valence-electron chi connectivity index (χ1n) is 10.1. The third-order valence-electron chi connectivity index (χ3n) is 4.98. The van der Waals surface area contributed by atoms with Crippen molar-refractivity contribution in [1.82, 2.24) is 9.97 Å². The zero-order valence-corrected chi connectivity index (χ0v) is 17.2. The highest BCUT2D eigenvalue weighted by atomic mass is 16.5. The highest BCUT2D eigenvalue weighted by Gasteiger charge is 2.14. The lowest BCUT2D eigenvalue weighted by atomic mass is 10.1. The van der Waals surface area contributed by atoms with Crippen molar-refractivity contribution in [3.05, 3.63) is 89.7 Å². The van der Waals surface area contributed by atoms with Crippen LogP contribution in [0.4, 0.5) is 5.69 Å². The third-order valence-corrected chi connectivity index (χ3v) is 4.98. The first-order valence-corrected chi connectivity index (χ1v) is 10.1. The lowest BCUT2D eigenvalue weighted by Gasteiger charge is -2.14. The van der Waals surface area contributed by atoms with Crippen molar-refractivity contribution in [3.8, 4) is 5.75 Å². The van der Waals surface area contributed by atoms with Gasteiger partial charge in [0.2, 0.25) is 0 Å². The lowest BCUT2D eigenvalue weighted by Crippen LogP contribution is -2.30. The second kappa shape index (κ2) is 8.82. The number of carbonyl (C=O) groups excluding carboxylic acids is 1. The van der Waals surface area contributed by atoms with E-state index in [4.69, 9.17) is 4.74 Å². The fraction of sp³-hybridized carbons (Fsp3) is 0.200. The van der Waals surface area contributed by atoms with Gasteiger partial charge >= 0.3 is 0 Å². The summed E-state index contributed by atoms with van der Waals surface area (Å²) < 4.78 is 5.67. The molecule has 0 spiro atoms. The quantitative estimate of drug-likeness (QED) is 0.456. The SMILES string of the molecule is Cc1ccc2nc(CCc3ccc(NC(=O)[C@H](C)Oc4ccccc4)cc3)[nH]c2c1. The van der Waals surface area contributed by atoms with Crippen LogP contribution in [-0.2, 0) is 17.6 Å². The number of ether oxygens (including phenoxy) is 1. The number of nitrogens with one attached hydrogen (secondary N) is 2. The van der Waals surface area contributed by atoms with E-state index in [1.807, 2.05) is 60.7 Å². The summed E-state index contributed by atoms with van der Waals surface area (Å²) >= 11 is 0. The molecule has 152 valence electrons. The van der Waals surface area contributed by atoms with Crippen molar-refractivity contribution in [2.24, 2.45) is 0 Å². The maximum Gasteiger partial charge on any atom is 0.265 e. The molecule has 4 rings (SSSR count). The topological polar surface area (TPSA) is 67.0 Å². The summed E-state index contributed by atoms with van der Waals surface area (Å²) in [7, 11) is 0. The Hall–Kier alpha value is -3.60. The standard InChI is InChI=1S/C25H25N3O2/c1-17-8-14-22-23(16-17)28-24(27-22)15-11-19-9-12-20(13-10-19)26-25(29)18(2)30-21-6-4-3-5-7-21/h3-10,12-14,16,18H,11,15H2,1-2H3,(H,26,29)(H,27,28)/t18-/m0/s1. The number of hydrogen-bond donors (Lipinski definition) is 2. The fourth-order valence-corrected chi connectivity index (χ4v) is 3.31. The number of carbonyl (C=O) groups is 1. The van der Waals surface area contributed by atoms with Crippen LogP contribution in [0.3, 0.4) is 0 Å².